The van der Waals surface area contributed by atoms with Crippen molar-refractivity contribution < 1.29 is 24.2 Å². The van der Waals surface area contributed by atoms with Crippen molar-refractivity contribution in [2.24, 2.45) is 11.8 Å². The van der Waals surface area contributed by atoms with E-state index in [-0.39, 0.29) is 30.4 Å². The predicted molar refractivity (Wildman–Crippen MR) is 124 cm³/mol. The molecule has 33 heavy (non-hydrogen) atoms. The van der Waals surface area contributed by atoms with Crippen molar-refractivity contribution in [3.05, 3.63) is 59.7 Å². The first kappa shape index (κ1) is 22.8. The summed E-state index contributed by atoms with van der Waals surface area (Å²) in [5.41, 5.74) is 4.66. The SMILES string of the molecule is CC(CCNC(=O)OCC1c2ccccc2-c2ccccc21)C(=O)N[C@H]1CCC[C@H]1C(=O)O. The van der Waals surface area contributed by atoms with Crippen LogP contribution in [0.5, 0.6) is 0 Å². The van der Waals surface area contributed by atoms with Gasteiger partial charge in [-0.15, -0.1) is 0 Å². The van der Waals surface area contributed by atoms with E-state index in [0.29, 0.717) is 25.8 Å². The number of rotatable bonds is 8. The van der Waals surface area contributed by atoms with Crippen LogP contribution in [-0.4, -0.2) is 42.3 Å². The molecule has 0 radical (unpaired) electrons. The number of nitrogens with one attached hydrogen (secondary N) is 2. The van der Waals surface area contributed by atoms with Crippen LogP contribution in [0.4, 0.5) is 4.79 Å². The maximum atomic E-state index is 12.4. The lowest BCUT2D eigenvalue weighted by atomic mass is 9.98. The lowest BCUT2D eigenvalue weighted by molar-refractivity contribution is -0.142. The van der Waals surface area contributed by atoms with Crippen molar-refractivity contribution in [2.45, 2.75) is 44.6 Å². The summed E-state index contributed by atoms with van der Waals surface area (Å²) in [6.45, 7) is 2.33. The Balaban J connectivity index is 1.23. The quantitative estimate of drug-likeness (QED) is 0.565. The van der Waals surface area contributed by atoms with E-state index in [1.54, 1.807) is 6.92 Å². The Kier molecular flexibility index (Phi) is 6.96. The summed E-state index contributed by atoms with van der Waals surface area (Å²) in [6.07, 6.45) is 2.03. The molecular formula is C26H30N2O5. The molecule has 0 aliphatic heterocycles. The topological polar surface area (TPSA) is 105 Å². The second-order valence-electron chi connectivity index (χ2n) is 8.93. The van der Waals surface area contributed by atoms with Crippen LogP contribution < -0.4 is 10.6 Å². The van der Waals surface area contributed by atoms with Crippen LogP contribution in [0, 0.1) is 11.8 Å². The number of carbonyl (C=O) groups excluding carboxylic acids is 2. The van der Waals surface area contributed by atoms with Crippen molar-refractivity contribution in [1.82, 2.24) is 10.6 Å². The molecule has 2 amide bonds. The molecule has 0 saturated heterocycles. The van der Waals surface area contributed by atoms with Crippen LogP contribution in [0.25, 0.3) is 11.1 Å². The van der Waals surface area contributed by atoms with Gasteiger partial charge in [0, 0.05) is 24.4 Å². The van der Waals surface area contributed by atoms with Gasteiger partial charge < -0.3 is 20.5 Å². The number of fused-ring (bicyclic) bond motifs is 3. The summed E-state index contributed by atoms with van der Waals surface area (Å²) in [4.78, 5) is 36.0. The van der Waals surface area contributed by atoms with Gasteiger partial charge in [0.25, 0.3) is 0 Å². The fourth-order valence-corrected chi connectivity index (χ4v) is 4.92. The average Bonchev–Trinajstić information content (AvgIpc) is 3.40. The molecule has 2 aliphatic rings. The molecule has 2 aliphatic carbocycles. The average molecular weight is 451 g/mol. The number of aliphatic carboxylic acids is 1. The summed E-state index contributed by atoms with van der Waals surface area (Å²) in [5, 5.41) is 14.9. The van der Waals surface area contributed by atoms with Gasteiger partial charge in [0.2, 0.25) is 5.91 Å². The zero-order valence-electron chi connectivity index (χ0n) is 18.8. The summed E-state index contributed by atoms with van der Waals surface area (Å²) in [5.74, 6) is -1.89. The minimum Gasteiger partial charge on any atom is -0.481 e. The molecule has 0 spiro atoms. The third kappa shape index (κ3) is 5.02. The van der Waals surface area contributed by atoms with E-state index >= 15 is 0 Å². The van der Waals surface area contributed by atoms with Crippen LogP contribution >= 0.6 is 0 Å². The Morgan fingerprint density at radius 3 is 2.30 bits per heavy atom. The maximum Gasteiger partial charge on any atom is 0.407 e. The first-order valence-corrected chi connectivity index (χ1v) is 11.6. The molecule has 3 atom stereocenters. The van der Waals surface area contributed by atoms with Gasteiger partial charge in [-0.2, -0.15) is 0 Å². The van der Waals surface area contributed by atoms with E-state index in [1.807, 2.05) is 24.3 Å². The van der Waals surface area contributed by atoms with E-state index in [1.165, 1.54) is 11.1 Å². The van der Waals surface area contributed by atoms with Crippen molar-refractivity contribution in [3.63, 3.8) is 0 Å². The van der Waals surface area contributed by atoms with Crippen molar-refractivity contribution in [2.75, 3.05) is 13.2 Å². The van der Waals surface area contributed by atoms with Gasteiger partial charge in [-0.25, -0.2) is 4.79 Å². The normalized spacial score (nSPS) is 19.9. The molecule has 7 nitrogen and oxygen atoms in total. The number of amides is 2. The molecule has 0 bridgehead atoms. The van der Waals surface area contributed by atoms with Crippen LogP contribution in [0.1, 0.15) is 49.7 Å². The summed E-state index contributed by atoms with van der Waals surface area (Å²) in [6, 6.07) is 16.0. The van der Waals surface area contributed by atoms with E-state index in [9.17, 15) is 19.5 Å². The fourth-order valence-electron chi connectivity index (χ4n) is 4.92. The Morgan fingerprint density at radius 2 is 1.67 bits per heavy atom. The molecule has 1 fully saturated rings. The van der Waals surface area contributed by atoms with E-state index in [2.05, 4.69) is 34.9 Å². The maximum absolute atomic E-state index is 12.4. The standard InChI is InChI=1S/C26H30N2O5/c1-16(24(29)28-23-12-6-11-21(23)25(30)31)13-14-27-26(32)33-15-22-19-9-4-2-7-17(19)18-8-3-5-10-20(18)22/h2-5,7-10,16,21-23H,6,11-15H2,1H3,(H,27,32)(H,28,29)(H,30,31)/t16?,21-,23+/m1/s1. The van der Waals surface area contributed by atoms with Crippen LogP contribution in [-0.2, 0) is 14.3 Å². The predicted octanol–water partition coefficient (Wildman–Crippen LogP) is 3.92. The van der Waals surface area contributed by atoms with E-state index < -0.39 is 18.0 Å². The molecule has 174 valence electrons. The minimum atomic E-state index is -0.859. The number of carbonyl (C=O) groups is 3. The van der Waals surface area contributed by atoms with Gasteiger partial charge in [0.1, 0.15) is 6.61 Å². The van der Waals surface area contributed by atoms with Crippen LogP contribution in [0.2, 0.25) is 0 Å². The Bertz CT molecular complexity index is 991. The fraction of sp³-hybridized carbons (Fsp3) is 0.423. The largest absolute Gasteiger partial charge is 0.481 e. The zero-order chi connectivity index (χ0) is 23.4. The smallest absolute Gasteiger partial charge is 0.407 e. The Labute approximate surface area is 193 Å². The summed E-state index contributed by atoms with van der Waals surface area (Å²) >= 11 is 0. The molecule has 0 aromatic heterocycles. The number of carboxylic acid groups (broad SMARTS) is 1. The molecule has 0 heterocycles. The van der Waals surface area contributed by atoms with Gasteiger partial charge in [-0.1, -0.05) is 61.9 Å². The molecule has 4 rings (SSSR count). The van der Waals surface area contributed by atoms with E-state index in [4.69, 9.17) is 4.74 Å². The molecule has 2 aromatic carbocycles. The molecule has 7 heteroatoms. The third-order valence-corrected chi connectivity index (χ3v) is 6.80. The number of carboxylic acids is 1. The van der Waals surface area contributed by atoms with Gasteiger partial charge in [0.15, 0.2) is 0 Å². The van der Waals surface area contributed by atoms with Gasteiger partial charge in [0.05, 0.1) is 5.92 Å². The van der Waals surface area contributed by atoms with Gasteiger partial charge in [-0.05, 0) is 41.5 Å². The zero-order valence-corrected chi connectivity index (χ0v) is 18.8. The highest BCUT2D eigenvalue weighted by molar-refractivity contribution is 5.80. The lowest BCUT2D eigenvalue weighted by Crippen LogP contribution is -2.43. The van der Waals surface area contributed by atoms with Crippen LogP contribution in [0.3, 0.4) is 0 Å². The highest BCUT2D eigenvalue weighted by Crippen LogP contribution is 2.44. The van der Waals surface area contributed by atoms with Crippen LogP contribution in [0.15, 0.2) is 48.5 Å². The highest BCUT2D eigenvalue weighted by atomic mass is 16.5. The first-order valence-electron chi connectivity index (χ1n) is 11.6. The number of hydrogen-bond acceptors (Lipinski definition) is 4. The molecule has 3 N–H and O–H groups in total. The minimum absolute atomic E-state index is 0.00134. The summed E-state index contributed by atoms with van der Waals surface area (Å²) < 4.78 is 5.51. The number of alkyl carbamates (subject to hydrolysis) is 1. The monoisotopic (exact) mass is 450 g/mol. The second kappa shape index (κ2) is 10.1. The lowest BCUT2D eigenvalue weighted by Gasteiger charge is -2.20. The van der Waals surface area contributed by atoms with Gasteiger partial charge in [-0.3, -0.25) is 9.59 Å². The Hall–Kier alpha value is -3.35. The summed E-state index contributed by atoms with van der Waals surface area (Å²) in [7, 11) is 0. The Morgan fingerprint density at radius 1 is 1.03 bits per heavy atom. The first-order chi connectivity index (χ1) is 16.0. The molecular weight excluding hydrogens is 420 g/mol. The number of hydrogen-bond donors (Lipinski definition) is 3. The number of ether oxygens (including phenoxy) is 1. The molecule has 1 unspecified atom stereocenters. The second-order valence-corrected chi connectivity index (χ2v) is 8.93. The van der Waals surface area contributed by atoms with Crippen molar-refractivity contribution >= 4 is 18.0 Å². The molecule has 2 aromatic rings. The van der Waals surface area contributed by atoms with Crippen molar-refractivity contribution in [3.8, 4) is 11.1 Å². The molecule has 1 saturated carbocycles. The third-order valence-electron chi connectivity index (χ3n) is 6.80. The van der Waals surface area contributed by atoms with Crippen molar-refractivity contribution in [1.29, 1.82) is 0 Å². The highest BCUT2D eigenvalue weighted by Gasteiger charge is 2.34. The van der Waals surface area contributed by atoms with E-state index in [0.717, 1.165) is 17.5 Å². The van der Waals surface area contributed by atoms with Gasteiger partial charge >= 0.3 is 12.1 Å². The number of benzene rings is 2.